The molecule has 0 atom stereocenters. The molecule has 1 amide bonds. The zero-order valence-electron chi connectivity index (χ0n) is 14.2. The minimum atomic E-state index is -0.0539. The van der Waals surface area contributed by atoms with Crippen molar-refractivity contribution in [3.05, 3.63) is 39.6 Å². The molecule has 24 heavy (non-hydrogen) atoms. The molecule has 0 saturated carbocycles. The Morgan fingerprint density at radius 2 is 1.92 bits per heavy atom. The largest absolute Gasteiger partial charge is 0.352 e. The number of anilines is 2. The Hall–Kier alpha value is -2.02. The lowest BCUT2D eigenvalue weighted by Crippen LogP contribution is -2.18. The van der Waals surface area contributed by atoms with Crippen LogP contribution in [0.5, 0.6) is 0 Å². The number of aromatic nitrogens is 3. The minimum Gasteiger partial charge on any atom is -0.352 e. The van der Waals surface area contributed by atoms with Crippen molar-refractivity contribution in [2.75, 3.05) is 17.2 Å². The second-order valence-corrected chi connectivity index (χ2v) is 6.34. The Labute approximate surface area is 150 Å². The Morgan fingerprint density at radius 1 is 1.17 bits per heavy atom. The summed E-state index contributed by atoms with van der Waals surface area (Å²) < 4.78 is 0.992. The molecule has 2 aromatic rings. The van der Waals surface area contributed by atoms with Crippen molar-refractivity contribution < 1.29 is 4.79 Å². The molecule has 6 nitrogen and oxygen atoms in total. The molecule has 0 aliphatic heterocycles. The van der Waals surface area contributed by atoms with Gasteiger partial charge < -0.3 is 10.6 Å². The van der Waals surface area contributed by atoms with E-state index in [0.29, 0.717) is 18.9 Å². The molecule has 0 spiro atoms. The van der Waals surface area contributed by atoms with Crippen molar-refractivity contribution in [3.63, 3.8) is 0 Å². The van der Waals surface area contributed by atoms with E-state index in [-0.39, 0.29) is 5.91 Å². The number of nitrogens with zero attached hydrogens (tertiary/aromatic N) is 3. The van der Waals surface area contributed by atoms with Gasteiger partial charge in [0.15, 0.2) is 0 Å². The average Bonchev–Trinajstić information content (AvgIpc) is 2.57. The lowest BCUT2D eigenvalue weighted by Gasteiger charge is -2.10. The van der Waals surface area contributed by atoms with Gasteiger partial charge in [-0.05, 0) is 43.5 Å². The summed E-state index contributed by atoms with van der Waals surface area (Å²) in [5.74, 6) is 0.415. The molecule has 0 unspecified atom stereocenters. The second-order valence-electron chi connectivity index (χ2n) is 5.42. The quantitative estimate of drug-likeness (QED) is 0.754. The van der Waals surface area contributed by atoms with Crippen LogP contribution in [0.1, 0.15) is 37.2 Å². The van der Waals surface area contributed by atoms with Crippen LogP contribution in [0.2, 0.25) is 0 Å². The normalized spacial score (nSPS) is 10.5. The van der Waals surface area contributed by atoms with Gasteiger partial charge in [-0.2, -0.15) is 5.10 Å². The molecule has 0 radical (unpaired) electrons. The van der Waals surface area contributed by atoms with Crippen molar-refractivity contribution >= 4 is 33.5 Å². The molecule has 0 aliphatic carbocycles. The number of carbonyl (C=O) groups excluding carboxylic acids is 1. The zero-order valence-corrected chi connectivity index (χ0v) is 15.8. The summed E-state index contributed by atoms with van der Waals surface area (Å²) in [5.41, 5.74) is 3.71. The van der Waals surface area contributed by atoms with Crippen LogP contribution in [-0.2, 0) is 17.6 Å². The molecule has 0 bridgehead atoms. The van der Waals surface area contributed by atoms with Gasteiger partial charge in [0.25, 0.3) is 0 Å². The molecular formula is C17H22BrN5O. The zero-order chi connectivity index (χ0) is 17.5. The maximum atomic E-state index is 12.0. The van der Waals surface area contributed by atoms with Crippen LogP contribution in [0.4, 0.5) is 11.6 Å². The Bertz CT molecular complexity index is 720. The standard InChI is InChI=1S/C17H22BrN5O/c1-4-13-14(5-2)22-23-17(21-13)19-9-8-16(24)20-15-7-6-12(18)10-11(15)3/h6-7,10H,4-5,8-9H2,1-3H3,(H,20,24)(H,19,21,23). The van der Waals surface area contributed by atoms with Crippen LogP contribution in [0.25, 0.3) is 0 Å². The molecule has 128 valence electrons. The van der Waals surface area contributed by atoms with E-state index in [2.05, 4.69) is 41.7 Å². The van der Waals surface area contributed by atoms with Crippen molar-refractivity contribution in [2.24, 2.45) is 0 Å². The van der Waals surface area contributed by atoms with Crippen molar-refractivity contribution in [1.29, 1.82) is 0 Å². The van der Waals surface area contributed by atoms with Crippen LogP contribution < -0.4 is 10.6 Å². The third-order valence-electron chi connectivity index (χ3n) is 3.61. The van der Waals surface area contributed by atoms with Crippen LogP contribution >= 0.6 is 15.9 Å². The molecule has 1 aromatic heterocycles. The van der Waals surface area contributed by atoms with E-state index in [9.17, 15) is 4.79 Å². The molecule has 7 heteroatoms. The number of amides is 1. The lowest BCUT2D eigenvalue weighted by atomic mass is 10.2. The van der Waals surface area contributed by atoms with E-state index >= 15 is 0 Å². The molecule has 2 N–H and O–H groups in total. The van der Waals surface area contributed by atoms with Crippen LogP contribution in [0.15, 0.2) is 22.7 Å². The number of carbonyl (C=O) groups is 1. The van der Waals surface area contributed by atoms with E-state index in [0.717, 1.165) is 40.0 Å². The Morgan fingerprint density at radius 3 is 2.58 bits per heavy atom. The van der Waals surface area contributed by atoms with Gasteiger partial charge in [0.2, 0.25) is 11.9 Å². The van der Waals surface area contributed by atoms with Gasteiger partial charge in [0.05, 0.1) is 11.4 Å². The summed E-state index contributed by atoms with van der Waals surface area (Å²) in [6, 6.07) is 5.76. The molecule has 0 saturated heterocycles. The number of hydrogen-bond donors (Lipinski definition) is 2. The third kappa shape index (κ3) is 4.99. The number of rotatable bonds is 7. The van der Waals surface area contributed by atoms with Gasteiger partial charge in [-0.1, -0.05) is 29.8 Å². The summed E-state index contributed by atoms with van der Waals surface area (Å²) in [6.45, 7) is 6.49. The fraction of sp³-hybridized carbons (Fsp3) is 0.412. The second kappa shape index (κ2) is 8.73. The van der Waals surface area contributed by atoms with E-state index in [1.165, 1.54) is 0 Å². The predicted molar refractivity (Wildman–Crippen MR) is 99.2 cm³/mol. The molecule has 2 rings (SSSR count). The monoisotopic (exact) mass is 391 g/mol. The number of halogens is 1. The van der Waals surface area contributed by atoms with Crippen LogP contribution in [-0.4, -0.2) is 27.6 Å². The highest BCUT2D eigenvalue weighted by atomic mass is 79.9. The third-order valence-corrected chi connectivity index (χ3v) is 4.10. The summed E-state index contributed by atoms with van der Waals surface area (Å²) in [5, 5.41) is 14.2. The van der Waals surface area contributed by atoms with E-state index in [1.807, 2.05) is 39.0 Å². The fourth-order valence-corrected chi connectivity index (χ4v) is 2.76. The fourth-order valence-electron chi connectivity index (χ4n) is 2.28. The summed E-state index contributed by atoms with van der Waals surface area (Å²) in [6.07, 6.45) is 1.96. The van der Waals surface area contributed by atoms with Crippen LogP contribution in [0.3, 0.4) is 0 Å². The number of nitrogens with one attached hydrogen (secondary N) is 2. The maximum absolute atomic E-state index is 12.0. The molecule has 0 fully saturated rings. The van der Waals surface area contributed by atoms with Gasteiger partial charge in [-0.15, -0.1) is 5.10 Å². The lowest BCUT2D eigenvalue weighted by molar-refractivity contribution is -0.115. The van der Waals surface area contributed by atoms with E-state index in [4.69, 9.17) is 0 Å². The summed E-state index contributed by atoms with van der Waals surface area (Å²) in [7, 11) is 0. The highest BCUT2D eigenvalue weighted by molar-refractivity contribution is 9.10. The number of hydrogen-bond acceptors (Lipinski definition) is 5. The smallest absolute Gasteiger partial charge is 0.242 e. The average molecular weight is 392 g/mol. The van der Waals surface area contributed by atoms with Gasteiger partial charge in [0.1, 0.15) is 0 Å². The van der Waals surface area contributed by atoms with Gasteiger partial charge >= 0.3 is 0 Å². The topological polar surface area (TPSA) is 79.8 Å². The van der Waals surface area contributed by atoms with Gasteiger partial charge in [-0.25, -0.2) is 4.98 Å². The predicted octanol–water partition coefficient (Wildman–Crippen LogP) is 3.51. The van der Waals surface area contributed by atoms with E-state index < -0.39 is 0 Å². The minimum absolute atomic E-state index is 0.0539. The summed E-state index contributed by atoms with van der Waals surface area (Å²) >= 11 is 3.41. The van der Waals surface area contributed by atoms with Crippen molar-refractivity contribution in [2.45, 2.75) is 40.0 Å². The van der Waals surface area contributed by atoms with Gasteiger partial charge in [0, 0.05) is 23.1 Å². The number of benzene rings is 1. The molecule has 1 heterocycles. The first kappa shape index (κ1) is 18.3. The molecule has 0 aliphatic rings. The highest BCUT2D eigenvalue weighted by Crippen LogP contribution is 2.20. The highest BCUT2D eigenvalue weighted by Gasteiger charge is 2.08. The molecular weight excluding hydrogens is 370 g/mol. The van der Waals surface area contributed by atoms with Crippen molar-refractivity contribution in [3.8, 4) is 0 Å². The van der Waals surface area contributed by atoms with Crippen molar-refractivity contribution in [1.82, 2.24) is 15.2 Å². The SMILES string of the molecule is CCc1nnc(NCCC(=O)Nc2ccc(Br)cc2C)nc1CC. The Balaban J connectivity index is 1.86. The first-order valence-corrected chi connectivity index (χ1v) is 8.85. The summed E-state index contributed by atoms with van der Waals surface area (Å²) in [4.78, 5) is 16.5. The van der Waals surface area contributed by atoms with Gasteiger partial charge in [-0.3, -0.25) is 4.79 Å². The Kier molecular flexibility index (Phi) is 6.66. The van der Waals surface area contributed by atoms with E-state index in [1.54, 1.807) is 0 Å². The first-order valence-electron chi connectivity index (χ1n) is 8.05. The maximum Gasteiger partial charge on any atom is 0.242 e. The number of aryl methyl sites for hydroxylation is 3. The molecule has 1 aromatic carbocycles. The van der Waals surface area contributed by atoms with Crippen LogP contribution in [0, 0.1) is 6.92 Å². The first-order chi connectivity index (χ1) is 11.5.